The summed E-state index contributed by atoms with van der Waals surface area (Å²) in [7, 11) is 0. The lowest BCUT2D eigenvalue weighted by Gasteiger charge is -2.41. The number of benzene rings is 1. The zero-order valence-corrected chi connectivity index (χ0v) is 7.61. The van der Waals surface area contributed by atoms with E-state index in [0.29, 0.717) is 11.8 Å². The van der Waals surface area contributed by atoms with Crippen molar-refractivity contribution in [3.63, 3.8) is 0 Å². The van der Waals surface area contributed by atoms with Gasteiger partial charge in [0.1, 0.15) is 0 Å². The smallest absolute Gasteiger partial charge is 0.0614 e. The Hall–Kier alpha value is -0.820. The molecule has 0 heterocycles. The number of fused-ring (bicyclic) bond motifs is 2. The molecule has 3 atom stereocenters. The molecule has 1 aromatic rings. The number of aliphatic hydroxyl groups excluding tert-OH is 1. The Morgan fingerprint density at radius 2 is 1.85 bits per heavy atom. The fourth-order valence-electron chi connectivity index (χ4n) is 3.01. The molecular weight excluding hydrogens is 160 g/mol. The Bertz CT molecular complexity index is 332. The summed E-state index contributed by atoms with van der Waals surface area (Å²) >= 11 is 0. The minimum Gasteiger partial charge on any atom is -0.392 e. The van der Waals surface area contributed by atoms with Crippen LogP contribution in [0.25, 0.3) is 0 Å². The number of rotatable bonds is 0. The van der Waals surface area contributed by atoms with Gasteiger partial charge in [-0.2, -0.15) is 0 Å². The van der Waals surface area contributed by atoms with Crippen molar-refractivity contribution in [2.75, 3.05) is 0 Å². The van der Waals surface area contributed by atoms with E-state index in [1.165, 1.54) is 24.0 Å². The van der Waals surface area contributed by atoms with Crippen molar-refractivity contribution in [2.45, 2.75) is 37.2 Å². The molecule has 68 valence electrons. The molecule has 0 amide bonds. The van der Waals surface area contributed by atoms with Crippen molar-refractivity contribution < 1.29 is 5.11 Å². The van der Waals surface area contributed by atoms with Gasteiger partial charge in [-0.15, -0.1) is 0 Å². The lowest BCUT2D eigenvalue weighted by atomic mass is 9.66. The van der Waals surface area contributed by atoms with Crippen LogP contribution >= 0.6 is 0 Å². The molecule has 1 heteroatoms. The summed E-state index contributed by atoms with van der Waals surface area (Å²) in [6, 6.07) is 8.63. The van der Waals surface area contributed by atoms with Crippen LogP contribution in [0.1, 0.15) is 42.2 Å². The van der Waals surface area contributed by atoms with E-state index >= 15 is 0 Å². The zero-order valence-electron chi connectivity index (χ0n) is 7.61. The van der Waals surface area contributed by atoms with Crippen LogP contribution in [0.15, 0.2) is 24.3 Å². The fraction of sp³-hybridized carbons (Fsp3) is 0.500. The van der Waals surface area contributed by atoms with Gasteiger partial charge in [0.05, 0.1) is 6.10 Å². The van der Waals surface area contributed by atoms with Crippen LogP contribution in [0, 0.1) is 0 Å². The van der Waals surface area contributed by atoms with Gasteiger partial charge < -0.3 is 5.11 Å². The Morgan fingerprint density at radius 3 is 2.62 bits per heavy atom. The van der Waals surface area contributed by atoms with E-state index < -0.39 is 0 Å². The number of aliphatic hydroxyl groups is 1. The molecule has 3 aliphatic carbocycles. The summed E-state index contributed by atoms with van der Waals surface area (Å²) in [6.45, 7) is 0. The van der Waals surface area contributed by atoms with Crippen molar-refractivity contribution in [1.29, 1.82) is 0 Å². The molecule has 1 saturated carbocycles. The van der Waals surface area contributed by atoms with Crippen molar-refractivity contribution >= 4 is 0 Å². The van der Waals surface area contributed by atoms with E-state index in [-0.39, 0.29) is 6.10 Å². The van der Waals surface area contributed by atoms with E-state index in [2.05, 4.69) is 24.3 Å². The van der Waals surface area contributed by atoms with Gasteiger partial charge >= 0.3 is 0 Å². The highest BCUT2D eigenvalue weighted by atomic mass is 16.3. The molecule has 1 N–H and O–H groups in total. The van der Waals surface area contributed by atoms with Crippen LogP contribution < -0.4 is 0 Å². The van der Waals surface area contributed by atoms with Gasteiger partial charge in [-0.1, -0.05) is 24.3 Å². The number of hydrogen-bond donors (Lipinski definition) is 1. The normalized spacial score (nSPS) is 35.9. The van der Waals surface area contributed by atoms with Gasteiger partial charge in [0, 0.05) is 5.92 Å². The fourth-order valence-corrected chi connectivity index (χ4v) is 3.01. The molecule has 0 unspecified atom stereocenters. The van der Waals surface area contributed by atoms with Gasteiger partial charge in [0.2, 0.25) is 0 Å². The second-order valence-corrected chi connectivity index (χ2v) is 4.31. The van der Waals surface area contributed by atoms with Gasteiger partial charge in [0.15, 0.2) is 0 Å². The van der Waals surface area contributed by atoms with E-state index in [1.54, 1.807) is 0 Å². The van der Waals surface area contributed by atoms with Gasteiger partial charge in [-0.05, 0) is 36.3 Å². The maximum Gasteiger partial charge on any atom is 0.0614 e. The van der Waals surface area contributed by atoms with E-state index in [9.17, 15) is 5.11 Å². The third kappa shape index (κ3) is 0.969. The van der Waals surface area contributed by atoms with Crippen LogP contribution in [-0.4, -0.2) is 11.2 Å². The van der Waals surface area contributed by atoms with Crippen molar-refractivity contribution in [1.82, 2.24) is 0 Å². The molecule has 2 bridgehead atoms. The summed E-state index contributed by atoms with van der Waals surface area (Å²) in [6.07, 6.45) is 3.37. The van der Waals surface area contributed by atoms with Crippen LogP contribution in [0.2, 0.25) is 0 Å². The predicted octanol–water partition coefficient (Wildman–Crippen LogP) is 2.41. The summed E-state index contributed by atoms with van der Waals surface area (Å²) < 4.78 is 0. The first kappa shape index (κ1) is 7.57. The molecule has 13 heavy (non-hydrogen) atoms. The average molecular weight is 174 g/mol. The minimum absolute atomic E-state index is 0.0753. The maximum absolute atomic E-state index is 9.85. The third-order valence-electron chi connectivity index (χ3n) is 3.65. The highest BCUT2D eigenvalue weighted by molar-refractivity contribution is 5.39. The molecule has 0 saturated heterocycles. The average Bonchev–Trinajstić information content (AvgIpc) is 2.19. The lowest BCUT2D eigenvalue weighted by Crippen LogP contribution is -2.33. The zero-order chi connectivity index (χ0) is 8.84. The Balaban J connectivity index is 2.16. The second kappa shape index (κ2) is 2.58. The second-order valence-electron chi connectivity index (χ2n) is 4.31. The Kier molecular flexibility index (Phi) is 1.50. The van der Waals surface area contributed by atoms with Gasteiger partial charge in [-0.25, -0.2) is 0 Å². The van der Waals surface area contributed by atoms with Crippen LogP contribution in [-0.2, 0) is 0 Å². The quantitative estimate of drug-likeness (QED) is 0.640. The standard InChI is InChI=1S/C12H14O/c13-12-7-8-5-6-11(12)10-4-2-1-3-9(8)10/h1-4,8,11-13H,5-7H2/t8-,11-,12+/m0/s1. The van der Waals surface area contributed by atoms with Crippen molar-refractivity contribution in [3.8, 4) is 0 Å². The third-order valence-corrected chi connectivity index (χ3v) is 3.65. The van der Waals surface area contributed by atoms with Crippen LogP contribution in [0.5, 0.6) is 0 Å². The topological polar surface area (TPSA) is 20.2 Å². The molecule has 3 aliphatic rings. The summed E-state index contributed by atoms with van der Waals surface area (Å²) in [5, 5.41) is 9.85. The van der Waals surface area contributed by atoms with Gasteiger partial charge in [-0.3, -0.25) is 0 Å². The molecule has 1 aromatic carbocycles. The molecule has 1 nitrogen and oxygen atoms in total. The monoisotopic (exact) mass is 174 g/mol. The van der Waals surface area contributed by atoms with E-state index in [0.717, 1.165) is 6.42 Å². The lowest BCUT2D eigenvalue weighted by molar-refractivity contribution is 0.0836. The Morgan fingerprint density at radius 1 is 1.08 bits per heavy atom. The van der Waals surface area contributed by atoms with Crippen molar-refractivity contribution in [2.24, 2.45) is 0 Å². The minimum atomic E-state index is -0.0753. The summed E-state index contributed by atoms with van der Waals surface area (Å²) in [4.78, 5) is 0. The summed E-state index contributed by atoms with van der Waals surface area (Å²) in [5.74, 6) is 1.07. The van der Waals surface area contributed by atoms with Crippen molar-refractivity contribution in [3.05, 3.63) is 35.4 Å². The largest absolute Gasteiger partial charge is 0.392 e. The first-order valence-electron chi connectivity index (χ1n) is 5.13. The molecule has 0 aromatic heterocycles. The molecule has 0 spiro atoms. The highest BCUT2D eigenvalue weighted by Crippen LogP contribution is 2.48. The summed E-state index contributed by atoms with van der Waals surface area (Å²) in [5.41, 5.74) is 2.92. The maximum atomic E-state index is 9.85. The van der Waals surface area contributed by atoms with E-state index in [4.69, 9.17) is 0 Å². The highest BCUT2D eigenvalue weighted by Gasteiger charge is 2.38. The molecule has 1 fully saturated rings. The van der Waals surface area contributed by atoms with E-state index in [1.807, 2.05) is 0 Å². The van der Waals surface area contributed by atoms with Gasteiger partial charge in [0.25, 0.3) is 0 Å². The first-order chi connectivity index (χ1) is 6.36. The molecule has 0 radical (unpaired) electrons. The molecule has 0 aliphatic heterocycles. The SMILES string of the molecule is O[C@@H]1C[C@@H]2CC[C@H]1c1ccccc12. The predicted molar refractivity (Wildman–Crippen MR) is 51.8 cm³/mol. The van der Waals surface area contributed by atoms with Crippen LogP contribution in [0.4, 0.5) is 0 Å². The Labute approximate surface area is 78.4 Å². The molecule has 4 rings (SSSR count). The number of hydrogen-bond acceptors (Lipinski definition) is 1. The first-order valence-corrected chi connectivity index (χ1v) is 5.13. The molecular formula is C12H14O. The van der Waals surface area contributed by atoms with Crippen LogP contribution in [0.3, 0.4) is 0 Å².